The molecule has 1 fully saturated rings. The van der Waals surface area contributed by atoms with Gasteiger partial charge in [0.25, 0.3) is 0 Å². The fourth-order valence-corrected chi connectivity index (χ4v) is 3.16. The second-order valence-corrected chi connectivity index (χ2v) is 6.91. The van der Waals surface area contributed by atoms with Gasteiger partial charge in [0.1, 0.15) is 5.78 Å². The smallest absolute Gasteiger partial charge is 0.139 e. The second-order valence-electron chi connectivity index (χ2n) is 6.91. The van der Waals surface area contributed by atoms with E-state index in [-0.39, 0.29) is 5.78 Å². The van der Waals surface area contributed by atoms with Gasteiger partial charge in [-0.05, 0) is 11.1 Å². The summed E-state index contributed by atoms with van der Waals surface area (Å²) in [6.45, 7) is 1.43. The molecule has 2 aromatic rings. The Bertz CT molecular complexity index is 815. The summed E-state index contributed by atoms with van der Waals surface area (Å²) in [5, 5.41) is 13.3. The summed E-state index contributed by atoms with van der Waals surface area (Å²) in [6.07, 6.45) is 1.55. The first kappa shape index (κ1) is 18.8. The number of Topliss-reactive ketones (excluding diaryl/α,β-unsaturated/α-hetero) is 1. The summed E-state index contributed by atoms with van der Waals surface area (Å²) in [5.41, 5.74) is 4.08. The van der Waals surface area contributed by atoms with Crippen LogP contribution in [0.25, 0.3) is 0 Å². The third kappa shape index (κ3) is 5.78. The minimum atomic E-state index is 0.228. The molecule has 0 N–H and O–H groups in total. The van der Waals surface area contributed by atoms with Gasteiger partial charge < -0.3 is 0 Å². The van der Waals surface area contributed by atoms with Crippen molar-refractivity contribution in [2.45, 2.75) is 32.4 Å². The van der Waals surface area contributed by atoms with Crippen LogP contribution in [0.4, 0.5) is 0 Å². The van der Waals surface area contributed by atoms with Crippen molar-refractivity contribution in [3.63, 3.8) is 0 Å². The van der Waals surface area contributed by atoms with Crippen molar-refractivity contribution >= 4 is 17.2 Å². The molecule has 0 aliphatic heterocycles. The molecule has 0 saturated heterocycles. The lowest BCUT2D eigenvalue weighted by molar-refractivity contribution is -0.117. The van der Waals surface area contributed by atoms with Crippen molar-refractivity contribution < 1.29 is 4.79 Å². The van der Waals surface area contributed by atoms with E-state index in [1.165, 1.54) is 11.1 Å². The van der Waals surface area contributed by atoms with Gasteiger partial charge >= 0.3 is 0 Å². The average molecular weight is 362 g/mol. The van der Waals surface area contributed by atoms with Crippen LogP contribution in [-0.4, -0.2) is 41.3 Å². The van der Waals surface area contributed by atoms with Crippen molar-refractivity contribution in [2.24, 2.45) is 10.2 Å². The Hall–Kier alpha value is -2.95. The minimum absolute atomic E-state index is 0.228. The number of carbonyl (C=O) groups is 1. The normalized spacial score (nSPS) is 17.3. The fraction of sp³-hybridized carbons (Fsp3) is 0.318. The Balaban J connectivity index is 1.72. The van der Waals surface area contributed by atoms with Gasteiger partial charge in [0.05, 0.1) is 30.9 Å². The molecular weight excluding hydrogens is 336 g/mol. The molecule has 0 bridgehead atoms. The van der Waals surface area contributed by atoms with E-state index in [1.54, 1.807) is 0 Å². The van der Waals surface area contributed by atoms with Gasteiger partial charge in [0.15, 0.2) is 0 Å². The highest BCUT2D eigenvalue weighted by molar-refractivity contribution is 6.46. The van der Waals surface area contributed by atoms with Crippen molar-refractivity contribution in [3.8, 4) is 0 Å². The number of nitrogens with zero attached hydrogens (tertiary/aromatic N) is 4. The maximum absolute atomic E-state index is 12.0. The number of carbonyl (C=O) groups excluding carboxylic acids is 1. The van der Waals surface area contributed by atoms with Crippen molar-refractivity contribution in [1.29, 1.82) is 0 Å². The zero-order valence-electron chi connectivity index (χ0n) is 16.0. The number of hydrazone groups is 2. The molecule has 5 nitrogen and oxygen atoms in total. The van der Waals surface area contributed by atoms with Crippen LogP contribution in [0.1, 0.15) is 30.4 Å². The molecule has 0 amide bonds. The van der Waals surface area contributed by atoms with Gasteiger partial charge in [-0.1, -0.05) is 60.7 Å². The van der Waals surface area contributed by atoms with Gasteiger partial charge in [-0.25, -0.2) is 0 Å². The van der Waals surface area contributed by atoms with E-state index < -0.39 is 0 Å². The van der Waals surface area contributed by atoms with Gasteiger partial charge in [0, 0.05) is 26.9 Å². The molecule has 5 heteroatoms. The quantitative estimate of drug-likeness (QED) is 0.736. The van der Waals surface area contributed by atoms with Crippen LogP contribution in [0.3, 0.4) is 0 Å². The second kappa shape index (κ2) is 9.12. The molecule has 0 atom stereocenters. The molecule has 0 aromatic heterocycles. The Kier molecular flexibility index (Phi) is 6.36. The number of ketones is 1. The molecule has 0 unspecified atom stereocenters. The molecule has 140 valence electrons. The maximum Gasteiger partial charge on any atom is 0.139 e. The van der Waals surface area contributed by atoms with Crippen LogP contribution in [0.5, 0.6) is 0 Å². The van der Waals surface area contributed by atoms with Gasteiger partial charge in [-0.2, -0.15) is 10.2 Å². The van der Waals surface area contributed by atoms with Crippen LogP contribution in [0, 0.1) is 0 Å². The molecule has 0 radical (unpaired) electrons. The summed E-state index contributed by atoms with van der Waals surface area (Å²) in [6, 6.07) is 20.4. The van der Waals surface area contributed by atoms with Crippen molar-refractivity contribution in [2.75, 3.05) is 14.1 Å². The van der Waals surface area contributed by atoms with E-state index >= 15 is 0 Å². The lowest BCUT2D eigenvalue weighted by Crippen LogP contribution is -2.30. The zero-order valence-corrected chi connectivity index (χ0v) is 16.0. The summed E-state index contributed by atoms with van der Waals surface area (Å²) in [7, 11) is 3.89. The highest BCUT2D eigenvalue weighted by atomic mass is 16.1. The third-order valence-electron chi connectivity index (χ3n) is 4.43. The number of hydrogen-bond donors (Lipinski definition) is 0. The predicted octanol–water partition coefficient (Wildman–Crippen LogP) is 3.72. The first-order chi connectivity index (χ1) is 13.1. The Morgan fingerprint density at radius 2 is 1.22 bits per heavy atom. The van der Waals surface area contributed by atoms with E-state index in [4.69, 9.17) is 10.2 Å². The number of benzene rings is 2. The molecule has 3 rings (SSSR count). The average Bonchev–Trinajstić information content (AvgIpc) is 2.65. The van der Waals surface area contributed by atoms with Gasteiger partial charge in [0.2, 0.25) is 0 Å². The number of rotatable bonds is 6. The van der Waals surface area contributed by atoms with E-state index in [1.807, 2.05) is 60.5 Å². The van der Waals surface area contributed by atoms with Gasteiger partial charge in [-0.3, -0.25) is 14.8 Å². The maximum atomic E-state index is 12.0. The molecule has 1 aliphatic carbocycles. The van der Waals surface area contributed by atoms with Crippen molar-refractivity contribution in [3.05, 3.63) is 71.8 Å². The van der Waals surface area contributed by atoms with E-state index in [0.717, 1.165) is 18.0 Å². The topological polar surface area (TPSA) is 48.3 Å². The van der Waals surface area contributed by atoms with Crippen molar-refractivity contribution in [1.82, 2.24) is 10.0 Å². The SMILES string of the molecule is CN(Cc1ccccc1)N=C1CCC(=O)CC1=NN(C)Cc1ccccc1. The fourth-order valence-electron chi connectivity index (χ4n) is 3.16. The molecule has 0 spiro atoms. The van der Waals surface area contributed by atoms with Crippen LogP contribution in [0.2, 0.25) is 0 Å². The largest absolute Gasteiger partial charge is 0.299 e. The predicted molar refractivity (Wildman–Crippen MR) is 110 cm³/mol. The Morgan fingerprint density at radius 3 is 1.74 bits per heavy atom. The molecule has 2 aromatic carbocycles. The van der Waals surface area contributed by atoms with E-state index in [9.17, 15) is 4.79 Å². The van der Waals surface area contributed by atoms with E-state index in [2.05, 4.69) is 24.3 Å². The first-order valence-corrected chi connectivity index (χ1v) is 9.27. The zero-order chi connectivity index (χ0) is 19.1. The highest BCUT2D eigenvalue weighted by Crippen LogP contribution is 2.14. The third-order valence-corrected chi connectivity index (χ3v) is 4.43. The van der Waals surface area contributed by atoms with Crippen LogP contribution in [-0.2, 0) is 17.9 Å². The Labute approximate surface area is 161 Å². The monoisotopic (exact) mass is 362 g/mol. The van der Waals surface area contributed by atoms with Gasteiger partial charge in [-0.15, -0.1) is 0 Å². The highest BCUT2D eigenvalue weighted by Gasteiger charge is 2.22. The molecule has 27 heavy (non-hydrogen) atoms. The summed E-state index contributed by atoms with van der Waals surface area (Å²) < 4.78 is 0. The lowest BCUT2D eigenvalue weighted by atomic mass is 9.95. The summed E-state index contributed by atoms with van der Waals surface area (Å²) in [5.74, 6) is 0.228. The molecule has 0 heterocycles. The van der Waals surface area contributed by atoms with E-state index in [0.29, 0.717) is 25.8 Å². The Morgan fingerprint density at radius 1 is 0.741 bits per heavy atom. The standard InChI is InChI=1S/C22H26N4O/c1-25(16-18-9-5-3-6-10-18)23-21-14-13-20(27)15-22(21)24-26(2)17-19-11-7-4-8-12-19/h3-12H,13-17H2,1-2H3. The molecule has 1 aliphatic rings. The minimum Gasteiger partial charge on any atom is -0.299 e. The summed E-state index contributed by atoms with van der Waals surface area (Å²) >= 11 is 0. The van der Waals surface area contributed by atoms with Crippen LogP contribution < -0.4 is 0 Å². The van der Waals surface area contributed by atoms with Crippen LogP contribution >= 0.6 is 0 Å². The molecular formula is C22H26N4O. The van der Waals surface area contributed by atoms with Crippen LogP contribution in [0.15, 0.2) is 70.9 Å². The number of hydrogen-bond acceptors (Lipinski definition) is 5. The first-order valence-electron chi connectivity index (χ1n) is 9.27. The summed E-state index contributed by atoms with van der Waals surface area (Å²) in [4.78, 5) is 12.0. The lowest BCUT2D eigenvalue weighted by Gasteiger charge is -2.22. The molecule has 1 saturated carbocycles.